The van der Waals surface area contributed by atoms with Gasteiger partial charge in [-0.25, -0.2) is 0 Å². The zero-order valence-corrected chi connectivity index (χ0v) is 8.98. The fraction of sp³-hybridized carbons (Fsp3) is 0.308. The molecule has 0 saturated heterocycles. The number of rotatable bonds is 5. The van der Waals surface area contributed by atoms with Gasteiger partial charge in [0.05, 0.1) is 0 Å². The summed E-state index contributed by atoms with van der Waals surface area (Å²) in [5.41, 5.74) is 1.17. The first-order valence-corrected chi connectivity index (χ1v) is 5.13. The summed E-state index contributed by atoms with van der Waals surface area (Å²) in [6.45, 7) is 2.28. The molecule has 0 spiro atoms. The Morgan fingerprint density at radius 3 is 2.73 bits per heavy atom. The van der Waals surface area contributed by atoms with Gasteiger partial charge in [-0.2, -0.15) is 0 Å². The van der Waals surface area contributed by atoms with E-state index >= 15 is 0 Å². The lowest BCUT2D eigenvalue weighted by Gasteiger charge is -2.01. The average Bonchev–Trinajstić information content (AvgIpc) is 2.28. The summed E-state index contributed by atoms with van der Waals surface area (Å²) < 4.78 is 4.98. The highest BCUT2D eigenvalue weighted by Crippen LogP contribution is 2.03. The Kier molecular flexibility index (Phi) is 5.23. The molecule has 2 nitrogen and oxygen atoms in total. The molecule has 15 heavy (non-hydrogen) atoms. The smallest absolute Gasteiger partial charge is 0.306 e. The van der Waals surface area contributed by atoms with E-state index < -0.39 is 0 Å². The first-order valence-electron chi connectivity index (χ1n) is 5.13. The molecule has 0 aliphatic rings. The molecule has 0 bridgehead atoms. The number of ether oxygens (including phenoxy) is 1. The van der Waals surface area contributed by atoms with Crippen molar-refractivity contribution in [3.05, 3.63) is 48.0 Å². The van der Waals surface area contributed by atoms with Crippen LogP contribution in [0.4, 0.5) is 0 Å². The van der Waals surface area contributed by atoms with Gasteiger partial charge in [-0.1, -0.05) is 42.5 Å². The molecule has 0 fully saturated rings. The van der Waals surface area contributed by atoms with Crippen LogP contribution in [0.3, 0.4) is 0 Å². The predicted molar refractivity (Wildman–Crippen MR) is 60.5 cm³/mol. The number of allylic oxidation sites excluding steroid dienone is 1. The van der Waals surface area contributed by atoms with E-state index in [4.69, 9.17) is 4.74 Å². The molecule has 0 aromatic heterocycles. The zero-order chi connectivity index (χ0) is 10.9. The van der Waals surface area contributed by atoms with E-state index in [2.05, 4.69) is 0 Å². The maximum absolute atomic E-state index is 11.2. The number of aryl methyl sites for hydroxylation is 1. The Balaban J connectivity index is 2.23. The van der Waals surface area contributed by atoms with Crippen molar-refractivity contribution < 1.29 is 9.53 Å². The number of carbonyl (C=O) groups is 1. The first-order chi connectivity index (χ1) is 7.33. The molecule has 0 atom stereocenters. The van der Waals surface area contributed by atoms with Crippen molar-refractivity contribution in [1.82, 2.24) is 0 Å². The monoisotopic (exact) mass is 204 g/mol. The van der Waals surface area contributed by atoms with Gasteiger partial charge in [0.1, 0.15) is 6.61 Å². The van der Waals surface area contributed by atoms with Crippen molar-refractivity contribution >= 4 is 5.97 Å². The van der Waals surface area contributed by atoms with Gasteiger partial charge in [-0.05, 0) is 18.9 Å². The lowest BCUT2D eigenvalue weighted by Crippen LogP contribution is -2.05. The molecule has 0 amide bonds. The summed E-state index contributed by atoms with van der Waals surface area (Å²) in [7, 11) is 0. The molecule has 2 heteroatoms. The van der Waals surface area contributed by atoms with Gasteiger partial charge in [0.15, 0.2) is 0 Å². The van der Waals surface area contributed by atoms with Crippen molar-refractivity contribution in [2.75, 3.05) is 6.61 Å². The Morgan fingerprint density at radius 1 is 1.33 bits per heavy atom. The second kappa shape index (κ2) is 6.82. The van der Waals surface area contributed by atoms with Crippen LogP contribution in [0, 0.1) is 0 Å². The van der Waals surface area contributed by atoms with Crippen LogP contribution in [0.25, 0.3) is 0 Å². The second-order valence-corrected chi connectivity index (χ2v) is 3.24. The van der Waals surface area contributed by atoms with E-state index in [9.17, 15) is 4.79 Å². The minimum Gasteiger partial charge on any atom is -0.461 e. The highest BCUT2D eigenvalue weighted by atomic mass is 16.5. The molecule has 0 saturated carbocycles. The van der Waals surface area contributed by atoms with Gasteiger partial charge in [-0.15, -0.1) is 0 Å². The van der Waals surface area contributed by atoms with Crippen molar-refractivity contribution in [1.29, 1.82) is 0 Å². The zero-order valence-electron chi connectivity index (χ0n) is 8.98. The van der Waals surface area contributed by atoms with E-state index in [0.717, 1.165) is 6.42 Å². The van der Waals surface area contributed by atoms with Crippen molar-refractivity contribution in [3.8, 4) is 0 Å². The number of hydrogen-bond donors (Lipinski definition) is 0. The first kappa shape index (κ1) is 11.5. The van der Waals surface area contributed by atoms with Crippen molar-refractivity contribution in [3.63, 3.8) is 0 Å². The fourth-order valence-electron chi connectivity index (χ4n) is 1.20. The average molecular weight is 204 g/mol. The minimum atomic E-state index is -0.142. The number of carbonyl (C=O) groups excluding carboxylic acids is 1. The van der Waals surface area contributed by atoms with Crippen LogP contribution in [0.1, 0.15) is 18.9 Å². The SMILES string of the molecule is C/C=C/COC(=O)CCc1ccccc1. The molecule has 80 valence electrons. The Morgan fingerprint density at radius 2 is 2.07 bits per heavy atom. The van der Waals surface area contributed by atoms with Gasteiger partial charge in [0.2, 0.25) is 0 Å². The standard InChI is InChI=1S/C13H16O2/c1-2-3-11-15-13(14)10-9-12-7-5-4-6-8-12/h2-8H,9-11H2,1H3/b3-2+. The quantitative estimate of drug-likeness (QED) is 0.544. The molecule has 0 aliphatic heterocycles. The molecule has 1 aromatic rings. The molecular weight excluding hydrogens is 188 g/mol. The molecule has 0 radical (unpaired) electrons. The van der Waals surface area contributed by atoms with Crippen molar-refractivity contribution in [2.45, 2.75) is 19.8 Å². The van der Waals surface area contributed by atoms with Crippen molar-refractivity contribution in [2.24, 2.45) is 0 Å². The number of benzene rings is 1. The normalized spacial score (nSPS) is 10.5. The summed E-state index contributed by atoms with van der Waals surface area (Å²) in [6, 6.07) is 9.94. The maximum atomic E-state index is 11.2. The summed E-state index contributed by atoms with van der Waals surface area (Å²) in [5.74, 6) is -0.142. The van der Waals surface area contributed by atoms with Crippen LogP contribution in [0.5, 0.6) is 0 Å². The molecule has 0 N–H and O–H groups in total. The number of esters is 1. The van der Waals surface area contributed by atoms with Crippen LogP contribution < -0.4 is 0 Å². The van der Waals surface area contributed by atoms with E-state index in [-0.39, 0.29) is 5.97 Å². The fourth-order valence-corrected chi connectivity index (χ4v) is 1.20. The minimum absolute atomic E-state index is 0.142. The van der Waals surface area contributed by atoms with Crippen LogP contribution in [0.2, 0.25) is 0 Å². The Hall–Kier alpha value is -1.57. The van der Waals surface area contributed by atoms with E-state index in [0.29, 0.717) is 13.0 Å². The molecule has 0 unspecified atom stereocenters. The van der Waals surface area contributed by atoms with E-state index in [1.165, 1.54) is 5.56 Å². The third kappa shape index (κ3) is 5.01. The summed E-state index contributed by atoms with van der Waals surface area (Å²) in [6.07, 6.45) is 4.88. The molecule has 1 aromatic carbocycles. The third-order valence-electron chi connectivity index (χ3n) is 2.04. The Labute approximate surface area is 90.6 Å². The van der Waals surface area contributed by atoms with Gasteiger partial charge < -0.3 is 4.74 Å². The molecular formula is C13H16O2. The number of hydrogen-bond acceptors (Lipinski definition) is 2. The molecule has 1 rings (SSSR count). The lowest BCUT2D eigenvalue weighted by molar-refractivity contribution is -0.142. The Bertz CT molecular complexity index is 315. The van der Waals surface area contributed by atoms with Gasteiger partial charge >= 0.3 is 5.97 Å². The van der Waals surface area contributed by atoms with Crippen LogP contribution >= 0.6 is 0 Å². The largest absolute Gasteiger partial charge is 0.461 e. The summed E-state index contributed by atoms with van der Waals surface area (Å²) in [4.78, 5) is 11.2. The predicted octanol–water partition coefficient (Wildman–Crippen LogP) is 2.74. The topological polar surface area (TPSA) is 26.3 Å². The highest BCUT2D eigenvalue weighted by Gasteiger charge is 2.01. The summed E-state index contributed by atoms with van der Waals surface area (Å²) in [5, 5.41) is 0. The van der Waals surface area contributed by atoms with Gasteiger partial charge in [0, 0.05) is 6.42 Å². The lowest BCUT2D eigenvalue weighted by atomic mass is 10.1. The second-order valence-electron chi connectivity index (χ2n) is 3.24. The maximum Gasteiger partial charge on any atom is 0.306 e. The van der Waals surface area contributed by atoms with Crippen LogP contribution in [-0.4, -0.2) is 12.6 Å². The van der Waals surface area contributed by atoms with E-state index in [1.807, 2.05) is 49.4 Å². The van der Waals surface area contributed by atoms with Gasteiger partial charge in [-0.3, -0.25) is 4.79 Å². The van der Waals surface area contributed by atoms with Crippen LogP contribution in [0.15, 0.2) is 42.5 Å². The summed E-state index contributed by atoms with van der Waals surface area (Å²) >= 11 is 0. The molecule has 0 heterocycles. The van der Waals surface area contributed by atoms with E-state index in [1.54, 1.807) is 0 Å². The van der Waals surface area contributed by atoms with Gasteiger partial charge in [0.25, 0.3) is 0 Å². The van der Waals surface area contributed by atoms with Crippen LogP contribution in [-0.2, 0) is 16.0 Å². The third-order valence-corrected chi connectivity index (χ3v) is 2.04. The highest BCUT2D eigenvalue weighted by molar-refractivity contribution is 5.69. The molecule has 0 aliphatic carbocycles.